The summed E-state index contributed by atoms with van der Waals surface area (Å²) in [7, 11) is 0. The van der Waals surface area contributed by atoms with Gasteiger partial charge in [0.05, 0.1) is 18.9 Å². The van der Waals surface area contributed by atoms with Crippen LogP contribution in [0.3, 0.4) is 0 Å². The van der Waals surface area contributed by atoms with Crippen LogP contribution in [-0.2, 0) is 30.6 Å². The standard InChI is InChI=1S/C16H17N3O/c17-15-13-9-20-6-5-14(13)18-16(19-15)12-7-10-3-1-2-4-11(10)8-12/h1-4,12H,5-9H2,(H2,17,18,19). The van der Waals surface area contributed by atoms with Crippen LogP contribution in [-0.4, -0.2) is 16.6 Å². The zero-order chi connectivity index (χ0) is 13.5. The van der Waals surface area contributed by atoms with Gasteiger partial charge in [-0.1, -0.05) is 24.3 Å². The summed E-state index contributed by atoms with van der Waals surface area (Å²) in [6, 6.07) is 8.59. The van der Waals surface area contributed by atoms with E-state index in [1.807, 2.05) is 0 Å². The summed E-state index contributed by atoms with van der Waals surface area (Å²) >= 11 is 0. The molecule has 1 aliphatic carbocycles. The predicted molar refractivity (Wildman–Crippen MR) is 76.4 cm³/mol. The van der Waals surface area contributed by atoms with Gasteiger partial charge in [0, 0.05) is 17.9 Å². The fourth-order valence-electron chi connectivity index (χ4n) is 3.20. The summed E-state index contributed by atoms with van der Waals surface area (Å²) in [5, 5.41) is 0. The molecule has 1 aliphatic heterocycles. The van der Waals surface area contributed by atoms with E-state index in [9.17, 15) is 0 Å². The number of hydrogen-bond donors (Lipinski definition) is 1. The van der Waals surface area contributed by atoms with Crippen molar-refractivity contribution in [1.29, 1.82) is 0 Å². The molecule has 2 aliphatic rings. The topological polar surface area (TPSA) is 61.0 Å². The number of nitrogens with two attached hydrogens (primary N) is 1. The fraction of sp³-hybridized carbons (Fsp3) is 0.375. The minimum Gasteiger partial charge on any atom is -0.383 e. The lowest BCUT2D eigenvalue weighted by atomic mass is 10.0. The number of hydrogen-bond acceptors (Lipinski definition) is 4. The van der Waals surface area contributed by atoms with Crippen LogP contribution >= 0.6 is 0 Å². The SMILES string of the molecule is Nc1nc(C2Cc3ccccc3C2)nc2c1COCC2. The summed E-state index contributed by atoms with van der Waals surface area (Å²) in [5.74, 6) is 1.86. The lowest BCUT2D eigenvalue weighted by Crippen LogP contribution is -2.18. The second-order valence-electron chi connectivity index (χ2n) is 5.57. The van der Waals surface area contributed by atoms with E-state index in [1.165, 1.54) is 11.1 Å². The number of rotatable bonds is 1. The normalized spacial score (nSPS) is 17.8. The molecule has 20 heavy (non-hydrogen) atoms. The van der Waals surface area contributed by atoms with Gasteiger partial charge in [-0.3, -0.25) is 0 Å². The zero-order valence-corrected chi connectivity index (χ0v) is 11.3. The predicted octanol–water partition coefficient (Wildman–Crippen LogP) is 2.01. The third kappa shape index (κ3) is 1.88. The van der Waals surface area contributed by atoms with Gasteiger partial charge in [0.25, 0.3) is 0 Å². The average Bonchev–Trinajstić information content (AvgIpc) is 2.91. The summed E-state index contributed by atoms with van der Waals surface area (Å²) in [6.07, 6.45) is 2.88. The molecule has 0 fully saturated rings. The molecule has 0 bridgehead atoms. The summed E-state index contributed by atoms with van der Waals surface area (Å²) in [4.78, 5) is 9.31. The van der Waals surface area contributed by atoms with Gasteiger partial charge in [0.15, 0.2) is 0 Å². The number of benzene rings is 1. The van der Waals surface area contributed by atoms with Crippen LogP contribution in [0.1, 0.15) is 34.1 Å². The maximum absolute atomic E-state index is 6.08. The largest absolute Gasteiger partial charge is 0.383 e. The second kappa shape index (κ2) is 4.56. The van der Waals surface area contributed by atoms with Crippen LogP contribution in [0.25, 0.3) is 0 Å². The molecule has 0 saturated carbocycles. The van der Waals surface area contributed by atoms with Gasteiger partial charge in [-0.15, -0.1) is 0 Å². The van der Waals surface area contributed by atoms with Crippen LogP contribution in [0.5, 0.6) is 0 Å². The maximum Gasteiger partial charge on any atom is 0.134 e. The van der Waals surface area contributed by atoms with Crippen molar-refractivity contribution in [2.45, 2.75) is 31.8 Å². The van der Waals surface area contributed by atoms with Crippen molar-refractivity contribution in [2.24, 2.45) is 0 Å². The third-order valence-electron chi connectivity index (χ3n) is 4.29. The van der Waals surface area contributed by atoms with Crippen molar-refractivity contribution in [2.75, 3.05) is 12.3 Å². The van der Waals surface area contributed by atoms with Crippen molar-refractivity contribution < 1.29 is 4.74 Å². The summed E-state index contributed by atoms with van der Waals surface area (Å²) in [5.41, 5.74) is 11.0. The first-order valence-electron chi connectivity index (χ1n) is 7.11. The minimum absolute atomic E-state index is 0.364. The Kier molecular flexibility index (Phi) is 2.70. The Labute approximate surface area is 118 Å². The third-order valence-corrected chi connectivity index (χ3v) is 4.29. The number of ether oxygens (including phenoxy) is 1. The van der Waals surface area contributed by atoms with E-state index in [0.29, 0.717) is 18.3 Å². The molecule has 4 heteroatoms. The molecular formula is C16H17N3O. The van der Waals surface area contributed by atoms with E-state index < -0.39 is 0 Å². The van der Waals surface area contributed by atoms with E-state index in [0.717, 1.165) is 43.0 Å². The molecule has 2 aromatic rings. The molecular weight excluding hydrogens is 250 g/mol. The van der Waals surface area contributed by atoms with Gasteiger partial charge in [-0.05, 0) is 24.0 Å². The number of fused-ring (bicyclic) bond motifs is 2. The van der Waals surface area contributed by atoms with Crippen LogP contribution in [0.4, 0.5) is 5.82 Å². The second-order valence-corrected chi connectivity index (χ2v) is 5.57. The van der Waals surface area contributed by atoms with Gasteiger partial charge in [-0.25, -0.2) is 9.97 Å². The fourth-order valence-corrected chi connectivity index (χ4v) is 3.20. The Bertz CT molecular complexity index is 644. The number of nitrogens with zero attached hydrogens (tertiary/aromatic N) is 2. The lowest BCUT2D eigenvalue weighted by molar-refractivity contribution is 0.109. The van der Waals surface area contributed by atoms with Crippen molar-refractivity contribution in [3.05, 3.63) is 52.5 Å². The van der Waals surface area contributed by atoms with Crippen molar-refractivity contribution in [3.63, 3.8) is 0 Å². The maximum atomic E-state index is 6.08. The van der Waals surface area contributed by atoms with Crippen molar-refractivity contribution in [1.82, 2.24) is 9.97 Å². The van der Waals surface area contributed by atoms with Crippen LogP contribution in [0, 0.1) is 0 Å². The smallest absolute Gasteiger partial charge is 0.134 e. The molecule has 4 nitrogen and oxygen atoms in total. The summed E-state index contributed by atoms with van der Waals surface area (Å²) < 4.78 is 5.43. The molecule has 4 rings (SSSR count). The molecule has 1 aromatic carbocycles. The monoisotopic (exact) mass is 267 g/mol. The molecule has 0 unspecified atom stereocenters. The van der Waals surface area contributed by atoms with Gasteiger partial charge >= 0.3 is 0 Å². The van der Waals surface area contributed by atoms with Crippen LogP contribution in [0.15, 0.2) is 24.3 Å². The first-order valence-corrected chi connectivity index (χ1v) is 7.11. The molecule has 0 amide bonds. The van der Waals surface area contributed by atoms with E-state index in [1.54, 1.807) is 0 Å². The van der Waals surface area contributed by atoms with E-state index >= 15 is 0 Å². The Morgan fingerprint density at radius 2 is 1.85 bits per heavy atom. The molecule has 102 valence electrons. The van der Waals surface area contributed by atoms with Gasteiger partial charge < -0.3 is 10.5 Å². The first kappa shape index (κ1) is 11.9. The van der Waals surface area contributed by atoms with E-state index in [-0.39, 0.29) is 0 Å². The first-order chi connectivity index (χ1) is 9.81. The van der Waals surface area contributed by atoms with E-state index in [4.69, 9.17) is 15.5 Å². The highest BCUT2D eigenvalue weighted by Crippen LogP contribution is 2.33. The Hall–Kier alpha value is -1.94. The highest BCUT2D eigenvalue weighted by Gasteiger charge is 2.27. The number of anilines is 1. The van der Waals surface area contributed by atoms with Gasteiger partial charge in [-0.2, -0.15) is 0 Å². The molecule has 2 N–H and O–H groups in total. The number of aromatic nitrogens is 2. The Balaban J connectivity index is 1.69. The summed E-state index contributed by atoms with van der Waals surface area (Å²) in [6.45, 7) is 1.28. The minimum atomic E-state index is 0.364. The van der Waals surface area contributed by atoms with Gasteiger partial charge in [0.1, 0.15) is 11.6 Å². The highest BCUT2D eigenvalue weighted by atomic mass is 16.5. The molecule has 0 atom stereocenters. The van der Waals surface area contributed by atoms with Crippen LogP contribution in [0.2, 0.25) is 0 Å². The molecule has 1 aromatic heterocycles. The molecule has 0 saturated heterocycles. The Morgan fingerprint density at radius 1 is 1.10 bits per heavy atom. The van der Waals surface area contributed by atoms with Crippen LogP contribution < -0.4 is 5.73 Å². The molecule has 0 radical (unpaired) electrons. The van der Waals surface area contributed by atoms with Gasteiger partial charge in [0.2, 0.25) is 0 Å². The van der Waals surface area contributed by atoms with Crippen molar-refractivity contribution in [3.8, 4) is 0 Å². The lowest BCUT2D eigenvalue weighted by Gasteiger charge is -2.19. The average molecular weight is 267 g/mol. The number of nitrogen functional groups attached to an aromatic ring is 1. The molecule has 0 spiro atoms. The highest BCUT2D eigenvalue weighted by molar-refractivity contribution is 5.44. The zero-order valence-electron chi connectivity index (χ0n) is 11.3. The van der Waals surface area contributed by atoms with E-state index in [2.05, 4.69) is 29.2 Å². The van der Waals surface area contributed by atoms with Crippen molar-refractivity contribution >= 4 is 5.82 Å². The quantitative estimate of drug-likeness (QED) is 0.858. The Morgan fingerprint density at radius 3 is 2.60 bits per heavy atom. The molecule has 2 heterocycles.